The van der Waals surface area contributed by atoms with Crippen molar-refractivity contribution in [1.29, 1.82) is 0 Å². The van der Waals surface area contributed by atoms with Gasteiger partial charge in [0.05, 0.1) is 4.92 Å². The number of aromatic nitrogens is 1. The quantitative estimate of drug-likeness (QED) is 0.556. The van der Waals surface area contributed by atoms with E-state index in [1.807, 2.05) is 37.3 Å². The first-order valence-electron chi connectivity index (χ1n) is 7.53. The number of nitro groups is 1. The van der Waals surface area contributed by atoms with E-state index in [2.05, 4.69) is 24.0 Å². The summed E-state index contributed by atoms with van der Waals surface area (Å²) in [6, 6.07) is 17.1. The van der Waals surface area contributed by atoms with Gasteiger partial charge in [0.15, 0.2) is 0 Å². The second-order valence-electron chi connectivity index (χ2n) is 5.69. The van der Waals surface area contributed by atoms with Crippen molar-refractivity contribution in [1.82, 2.24) is 4.98 Å². The van der Waals surface area contributed by atoms with Crippen molar-refractivity contribution in [3.05, 3.63) is 87.2 Å². The molecule has 0 aliphatic rings. The fourth-order valence-electron chi connectivity index (χ4n) is 2.99. The number of nitrogens with zero attached hydrogens (tertiary/aromatic N) is 1. The molecule has 4 heteroatoms. The predicted molar refractivity (Wildman–Crippen MR) is 91.6 cm³/mol. The molecule has 2 aromatic carbocycles. The van der Waals surface area contributed by atoms with Gasteiger partial charge in [0.25, 0.3) is 5.69 Å². The van der Waals surface area contributed by atoms with Crippen molar-refractivity contribution < 1.29 is 4.92 Å². The molecule has 23 heavy (non-hydrogen) atoms. The molecule has 0 atom stereocenters. The Morgan fingerprint density at radius 3 is 2.22 bits per heavy atom. The van der Waals surface area contributed by atoms with Crippen LogP contribution in [-0.2, 0) is 6.42 Å². The summed E-state index contributed by atoms with van der Waals surface area (Å²) in [4.78, 5) is 13.9. The fraction of sp³-hybridized carbons (Fsp3) is 0.158. The van der Waals surface area contributed by atoms with Crippen LogP contribution < -0.4 is 0 Å². The maximum atomic E-state index is 10.8. The van der Waals surface area contributed by atoms with E-state index in [0.29, 0.717) is 0 Å². The van der Waals surface area contributed by atoms with Crippen LogP contribution in [0.5, 0.6) is 0 Å². The molecule has 116 valence electrons. The van der Waals surface area contributed by atoms with Gasteiger partial charge in [-0.1, -0.05) is 30.3 Å². The van der Waals surface area contributed by atoms with Gasteiger partial charge in [-0.15, -0.1) is 0 Å². The molecular weight excluding hydrogens is 288 g/mol. The van der Waals surface area contributed by atoms with E-state index >= 15 is 0 Å². The van der Waals surface area contributed by atoms with Crippen LogP contribution in [0, 0.1) is 24.0 Å². The van der Waals surface area contributed by atoms with E-state index in [1.54, 1.807) is 12.1 Å². The first-order chi connectivity index (χ1) is 11.1. The van der Waals surface area contributed by atoms with Crippen molar-refractivity contribution >= 4 is 5.69 Å². The molecule has 0 unspecified atom stereocenters. The molecule has 1 heterocycles. The first kappa shape index (κ1) is 15.0. The van der Waals surface area contributed by atoms with Crippen molar-refractivity contribution in [3.8, 4) is 11.1 Å². The highest BCUT2D eigenvalue weighted by atomic mass is 16.6. The molecule has 0 saturated heterocycles. The minimum atomic E-state index is -0.371. The summed E-state index contributed by atoms with van der Waals surface area (Å²) < 4.78 is 0. The molecule has 1 N–H and O–H groups in total. The summed E-state index contributed by atoms with van der Waals surface area (Å²) in [5.41, 5.74) is 6.97. The lowest BCUT2D eigenvalue weighted by atomic mass is 9.95. The highest BCUT2D eigenvalue weighted by Crippen LogP contribution is 2.32. The fourth-order valence-corrected chi connectivity index (χ4v) is 2.99. The zero-order valence-corrected chi connectivity index (χ0v) is 13.2. The van der Waals surface area contributed by atoms with Crippen LogP contribution in [0.1, 0.15) is 22.5 Å². The van der Waals surface area contributed by atoms with Gasteiger partial charge in [-0.25, -0.2) is 0 Å². The van der Waals surface area contributed by atoms with Crippen molar-refractivity contribution in [2.45, 2.75) is 20.3 Å². The molecule has 0 bridgehead atoms. The van der Waals surface area contributed by atoms with Crippen LogP contribution in [0.3, 0.4) is 0 Å². The summed E-state index contributed by atoms with van der Waals surface area (Å²) in [6.45, 7) is 4.11. The smallest absolute Gasteiger partial charge is 0.269 e. The molecule has 0 fully saturated rings. The van der Waals surface area contributed by atoms with E-state index in [1.165, 1.54) is 11.1 Å². The number of hydrogen-bond donors (Lipinski definition) is 1. The third-order valence-corrected chi connectivity index (χ3v) is 4.09. The number of benzene rings is 2. The van der Waals surface area contributed by atoms with Crippen molar-refractivity contribution in [2.24, 2.45) is 0 Å². The number of aromatic amines is 1. The molecule has 3 rings (SSSR count). The average Bonchev–Trinajstić information content (AvgIpc) is 2.82. The summed E-state index contributed by atoms with van der Waals surface area (Å²) in [5, 5.41) is 10.8. The maximum absolute atomic E-state index is 10.8. The Hall–Kier alpha value is -2.88. The Balaban J connectivity index is 2.03. The van der Waals surface area contributed by atoms with Crippen LogP contribution in [0.25, 0.3) is 11.1 Å². The summed E-state index contributed by atoms with van der Waals surface area (Å²) >= 11 is 0. The topological polar surface area (TPSA) is 58.9 Å². The minimum Gasteiger partial charge on any atom is -0.362 e. The van der Waals surface area contributed by atoms with Gasteiger partial charge in [-0.3, -0.25) is 10.1 Å². The lowest BCUT2D eigenvalue weighted by Gasteiger charge is -2.07. The van der Waals surface area contributed by atoms with Crippen molar-refractivity contribution in [3.63, 3.8) is 0 Å². The van der Waals surface area contributed by atoms with Crippen LogP contribution in [-0.4, -0.2) is 9.91 Å². The van der Waals surface area contributed by atoms with Gasteiger partial charge in [0.1, 0.15) is 0 Å². The van der Waals surface area contributed by atoms with Gasteiger partial charge >= 0.3 is 0 Å². The highest BCUT2D eigenvalue weighted by molar-refractivity contribution is 5.72. The Bertz CT molecular complexity index is 834. The van der Waals surface area contributed by atoms with E-state index in [4.69, 9.17) is 0 Å². The normalized spacial score (nSPS) is 10.7. The molecule has 0 aliphatic carbocycles. The second-order valence-corrected chi connectivity index (χ2v) is 5.69. The molecule has 4 nitrogen and oxygen atoms in total. The summed E-state index contributed by atoms with van der Waals surface area (Å²) in [6.07, 6.45) is 0.837. The largest absolute Gasteiger partial charge is 0.362 e. The molecule has 0 aliphatic heterocycles. The number of non-ortho nitro benzene ring substituents is 1. The van der Waals surface area contributed by atoms with E-state index in [0.717, 1.165) is 28.9 Å². The SMILES string of the molecule is Cc1[nH]c(C)c(-c2ccc([N+](=O)[O-])cc2)c1Cc1ccccc1. The first-order valence-corrected chi connectivity index (χ1v) is 7.53. The van der Waals surface area contributed by atoms with Gasteiger partial charge in [0.2, 0.25) is 0 Å². The number of rotatable bonds is 4. The van der Waals surface area contributed by atoms with Crippen LogP contribution in [0.4, 0.5) is 5.69 Å². The Labute approximate surface area is 135 Å². The molecule has 3 aromatic rings. The lowest BCUT2D eigenvalue weighted by molar-refractivity contribution is -0.384. The van der Waals surface area contributed by atoms with Crippen LogP contribution in [0.2, 0.25) is 0 Å². The molecule has 0 amide bonds. The number of nitro benzene ring substituents is 1. The minimum absolute atomic E-state index is 0.114. The second kappa shape index (κ2) is 6.08. The standard InChI is InChI=1S/C19H18N2O2/c1-13-18(12-15-6-4-3-5-7-15)19(14(2)20-13)16-8-10-17(11-9-16)21(22)23/h3-11,20H,12H2,1-2H3. The highest BCUT2D eigenvalue weighted by Gasteiger charge is 2.15. The Morgan fingerprint density at radius 1 is 0.957 bits per heavy atom. The molecule has 1 aromatic heterocycles. The summed E-state index contributed by atoms with van der Waals surface area (Å²) in [5.74, 6) is 0. The molecular formula is C19H18N2O2. The van der Waals surface area contributed by atoms with E-state index in [9.17, 15) is 10.1 Å². The van der Waals surface area contributed by atoms with Gasteiger partial charge in [-0.05, 0) is 49.1 Å². The van der Waals surface area contributed by atoms with Gasteiger partial charge in [0, 0.05) is 29.1 Å². The Kier molecular flexibility index (Phi) is 3.98. The number of hydrogen-bond acceptors (Lipinski definition) is 2. The predicted octanol–water partition coefficient (Wildman–Crippen LogP) is 4.80. The van der Waals surface area contributed by atoms with Crippen molar-refractivity contribution in [2.75, 3.05) is 0 Å². The average molecular weight is 306 g/mol. The number of aryl methyl sites for hydroxylation is 2. The van der Waals surface area contributed by atoms with E-state index in [-0.39, 0.29) is 10.6 Å². The third kappa shape index (κ3) is 3.01. The van der Waals surface area contributed by atoms with Crippen LogP contribution >= 0.6 is 0 Å². The van der Waals surface area contributed by atoms with Gasteiger partial charge < -0.3 is 4.98 Å². The number of H-pyrrole nitrogens is 1. The molecule has 0 spiro atoms. The van der Waals surface area contributed by atoms with Crippen LogP contribution in [0.15, 0.2) is 54.6 Å². The zero-order valence-electron chi connectivity index (χ0n) is 13.2. The monoisotopic (exact) mass is 306 g/mol. The molecule has 0 radical (unpaired) electrons. The third-order valence-electron chi connectivity index (χ3n) is 4.09. The lowest BCUT2D eigenvalue weighted by Crippen LogP contribution is -1.93. The van der Waals surface area contributed by atoms with Gasteiger partial charge in [-0.2, -0.15) is 0 Å². The molecule has 0 saturated carbocycles. The Morgan fingerprint density at radius 2 is 1.61 bits per heavy atom. The zero-order chi connectivity index (χ0) is 16.4. The summed E-state index contributed by atoms with van der Waals surface area (Å²) in [7, 11) is 0. The van der Waals surface area contributed by atoms with E-state index < -0.39 is 0 Å². The maximum Gasteiger partial charge on any atom is 0.269 e. The number of nitrogens with one attached hydrogen (secondary N) is 1.